The van der Waals surface area contributed by atoms with E-state index in [0.29, 0.717) is 24.0 Å². The molecule has 2 aliphatic heterocycles. The van der Waals surface area contributed by atoms with Crippen molar-refractivity contribution in [2.75, 3.05) is 26.4 Å². The molecule has 2 aromatic carbocycles. The lowest BCUT2D eigenvalue weighted by Gasteiger charge is -2.59. The van der Waals surface area contributed by atoms with Crippen molar-refractivity contribution in [1.29, 1.82) is 0 Å². The van der Waals surface area contributed by atoms with E-state index in [2.05, 4.69) is 24.3 Å². The van der Waals surface area contributed by atoms with E-state index >= 15 is 0 Å². The van der Waals surface area contributed by atoms with Crippen LogP contribution in [0.15, 0.2) is 24.3 Å². The van der Waals surface area contributed by atoms with Crippen LogP contribution in [0.2, 0.25) is 0 Å². The van der Waals surface area contributed by atoms with Gasteiger partial charge in [-0.15, -0.1) is 0 Å². The topological polar surface area (TPSA) is 43.5 Å². The predicted molar refractivity (Wildman–Crippen MR) is 154 cm³/mol. The molecule has 10 fully saturated rings. The van der Waals surface area contributed by atoms with E-state index in [1.54, 1.807) is 16.5 Å². The molecule has 10 aliphatic rings. The molecule has 2 aromatic rings. The normalized spacial score (nSPS) is 45.3. The van der Waals surface area contributed by atoms with Gasteiger partial charge in [-0.25, -0.2) is 0 Å². The maximum absolute atomic E-state index is 6.62. The van der Waals surface area contributed by atoms with Gasteiger partial charge in [-0.3, -0.25) is 0 Å². The fourth-order valence-corrected chi connectivity index (χ4v) is 12.1. The van der Waals surface area contributed by atoms with E-state index in [1.165, 1.54) is 82.4 Å². The van der Waals surface area contributed by atoms with Crippen molar-refractivity contribution in [2.45, 2.75) is 100 Å². The number of epoxide rings is 2. The molecule has 0 amide bonds. The molecule has 8 saturated carbocycles. The molecule has 2 atom stereocenters. The van der Waals surface area contributed by atoms with Crippen LogP contribution in [0.1, 0.15) is 88.2 Å². The summed E-state index contributed by atoms with van der Waals surface area (Å²) >= 11 is 0. The smallest absolute Gasteiger partial charge is 0.131 e. The van der Waals surface area contributed by atoms with Gasteiger partial charge < -0.3 is 18.9 Å². The number of ether oxygens (including phenoxy) is 4. The van der Waals surface area contributed by atoms with Crippen molar-refractivity contribution >= 4 is 10.8 Å². The Balaban J connectivity index is 1.19. The van der Waals surface area contributed by atoms with Gasteiger partial charge in [-0.1, -0.05) is 12.1 Å². The Morgan fingerprint density at radius 2 is 0.875 bits per heavy atom. The summed E-state index contributed by atoms with van der Waals surface area (Å²) in [5.74, 6) is 7.60. The van der Waals surface area contributed by atoms with Crippen molar-refractivity contribution in [2.24, 2.45) is 35.5 Å². The highest BCUT2D eigenvalue weighted by Gasteiger charge is 2.55. The molecule has 4 heteroatoms. The molecule has 2 heterocycles. The summed E-state index contributed by atoms with van der Waals surface area (Å²) in [5.41, 5.74) is 3.99. The van der Waals surface area contributed by atoms with Gasteiger partial charge in [0.05, 0.1) is 18.6 Å². The molecule has 40 heavy (non-hydrogen) atoms. The van der Waals surface area contributed by atoms with E-state index in [-0.39, 0.29) is 12.2 Å². The lowest BCUT2D eigenvalue weighted by molar-refractivity contribution is -0.00681. The predicted octanol–water partition coefficient (Wildman–Crippen LogP) is 7.33. The molecule has 0 aromatic heterocycles. The largest absolute Gasteiger partial charge is 0.490 e. The SMILES string of the molecule is c1cc(C23CC4CC(CC(C4)C2)C3)c2c(C34CC5CC(CC(C5)C3)C4)ccc(OCC3CO3)c2c1OCC1CO1. The molecule has 0 N–H and O–H groups in total. The standard InChI is InChI=1S/C36H44O4/c1-3-31(39-19-27-17-37-27)34-32(40-20-28-18-38-28)4-2-30(36-14-24-8-25(15-36)10-26(9-24)16-36)33(34)29(1)35-11-21-5-22(12-35)7-23(6-21)13-35/h1-4,21-28H,5-20H2. The molecule has 8 bridgehead atoms. The zero-order valence-corrected chi connectivity index (χ0v) is 23.9. The first-order valence-corrected chi connectivity index (χ1v) is 16.7. The lowest BCUT2D eigenvalue weighted by atomic mass is 9.46. The average molecular weight is 541 g/mol. The second-order valence-electron chi connectivity index (χ2n) is 15.9. The molecule has 0 radical (unpaired) electrons. The third kappa shape index (κ3) is 3.70. The van der Waals surface area contributed by atoms with E-state index in [4.69, 9.17) is 18.9 Å². The summed E-state index contributed by atoms with van der Waals surface area (Å²) in [6.07, 6.45) is 17.8. The molecule has 12 rings (SSSR count). The first kappa shape index (κ1) is 23.7. The molecule has 4 nitrogen and oxygen atoms in total. The third-order valence-corrected chi connectivity index (χ3v) is 13.0. The van der Waals surface area contributed by atoms with Gasteiger partial charge in [0.2, 0.25) is 0 Å². The van der Waals surface area contributed by atoms with Crippen LogP contribution in [0.4, 0.5) is 0 Å². The zero-order valence-electron chi connectivity index (χ0n) is 23.9. The van der Waals surface area contributed by atoms with Crippen molar-refractivity contribution in [3.05, 3.63) is 35.4 Å². The number of hydrogen-bond donors (Lipinski definition) is 0. The van der Waals surface area contributed by atoms with Gasteiger partial charge in [0.15, 0.2) is 0 Å². The van der Waals surface area contributed by atoms with Crippen LogP contribution in [-0.4, -0.2) is 38.6 Å². The minimum Gasteiger partial charge on any atom is -0.490 e. The summed E-state index contributed by atoms with van der Waals surface area (Å²) in [6.45, 7) is 2.92. The van der Waals surface area contributed by atoms with E-state index in [9.17, 15) is 0 Å². The van der Waals surface area contributed by atoms with Crippen LogP contribution in [0.25, 0.3) is 10.8 Å². The molecule has 2 unspecified atom stereocenters. The van der Waals surface area contributed by atoms with Gasteiger partial charge in [-0.05, 0) is 152 Å². The molecular formula is C36H44O4. The van der Waals surface area contributed by atoms with Crippen LogP contribution in [0.3, 0.4) is 0 Å². The number of hydrogen-bond acceptors (Lipinski definition) is 4. The van der Waals surface area contributed by atoms with Gasteiger partial charge in [0.25, 0.3) is 0 Å². The first-order chi connectivity index (χ1) is 19.6. The second kappa shape index (κ2) is 8.40. The van der Waals surface area contributed by atoms with Gasteiger partial charge >= 0.3 is 0 Å². The van der Waals surface area contributed by atoms with Gasteiger partial charge in [0, 0.05) is 0 Å². The molecule has 212 valence electrons. The summed E-state index contributed by atoms with van der Waals surface area (Å²) in [4.78, 5) is 0. The number of benzene rings is 2. The Hall–Kier alpha value is -1.78. The Morgan fingerprint density at radius 3 is 1.20 bits per heavy atom. The monoisotopic (exact) mass is 540 g/mol. The van der Waals surface area contributed by atoms with Crippen LogP contribution in [-0.2, 0) is 20.3 Å². The van der Waals surface area contributed by atoms with E-state index < -0.39 is 0 Å². The highest BCUT2D eigenvalue weighted by atomic mass is 16.6. The highest BCUT2D eigenvalue weighted by Crippen LogP contribution is 2.65. The maximum atomic E-state index is 6.62. The molecule has 2 saturated heterocycles. The summed E-state index contributed by atoms with van der Waals surface area (Å²) in [5, 5.41) is 2.81. The van der Waals surface area contributed by atoms with Crippen LogP contribution < -0.4 is 9.47 Å². The maximum Gasteiger partial charge on any atom is 0.131 e. The van der Waals surface area contributed by atoms with Crippen molar-refractivity contribution in [3.63, 3.8) is 0 Å². The molecular weight excluding hydrogens is 496 g/mol. The fraction of sp³-hybridized carbons (Fsp3) is 0.722. The minimum atomic E-state index is 0.244. The van der Waals surface area contributed by atoms with E-state index in [0.717, 1.165) is 60.2 Å². The van der Waals surface area contributed by atoms with Crippen LogP contribution >= 0.6 is 0 Å². The van der Waals surface area contributed by atoms with Crippen molar-refractivity contribution in [1.82, 2.24) is 0 Å². The van der Waals surface area contributed by atoms with Crippen LogP contribution in [0.5, 0.6) is 11.5 Å². The minimum absolute atomic E-state index is 0.244. The Bertz CT molecular complexity index is 1180. The van der Waals surface area contributed by atoms with E-state index in [1.807, 2.05) is 0 Å². The van der Waals surface area contributed by atoms with Crippen molar-refractivity contribution < 1.29 is 18.9 Å². The van der Waals surface area contributed by atoms with Gasteiger partial charge in [-0.2, -0.15) is 0 Å². The lowest BCUT2D eigenvalue weighted by Crippen LogP contribution is -2.50. The van der Waals surface area contributed by atoms with Crippen molar-refractivity contribution in [3.8, 4) is 11.5 Å². The number of fused-ring (bicyclic) bond motifs is 1. The third-order valence-electron chi connectivity index (χ3n) is 13.0. The summed E-state index contributed by atoms with van der Waals surface area (Å²) in [6, 6.07) is 9.72. The highest BCUT2D eigenvalue weighted by molar-refractivity contribution is 6.00. The van der Waals surface area contributed by atoms with Gasteiger partial charge in [0.1, 0.15) is 36.9 Å². The average Bonchev–Trinajstić information content (AvgIpc) is 3.84. The fourth-order valence-electron chi connectivity index (χ4n) is 12.1. The first-order valence-electron chi connectivity index (χ1n) is 16.7. The molecule has 8 aliphatic carbocycles. The summed E-state index contributed by atoms with van der Waals surface area (Å²) < 4.78 is 24.4. The molecule has 0 spiro atoms. The Labute approximate surface area is 238 Å². The zero-order chi connectivity index (χ0) is 26.1. The quantitative estimate of drug-likeness (QED) is 0.329. The Morgan fingerprint density at radius 1 is 0.525 bits per heavy atom. The Kier molecular flexibility index (Phi) is 4.99. The number of rotatable bonds is 8. The van der Waals surface area contributed by atoms with Crippen LogP contribution in [0, 0.1) is 35.5 Å². The summed E-state index contributed by atoms with van der Waals surface area (Å²) in [7, 11) is 0. The second-order valence-corrected chi connectivity index (χ2v) is 15.9.